The summed E-state index contributed by atoms with van der Waals surface area (Å²) in [5.74, 6) is 0.104. The lowest BCUT2D eigenvalue weighted by molar-refractivity contribution is 0.0846. The van der Waals surface area contributed by atoms with Crippen LogP contribution in [0.25, 0.3) is 0 Å². The first kappa shape index (κ1) is 19.9. The van der Waals surface area contributed by atoms with E-state index in [0.717, 1.165) is 11.1 Å². The zero-order chi connectivity index (χ0) is 20.6. The minimum absolute atomic E-state index is 0.334. The Labute approximate surface area is 169 Å². The van der Waals surface area contributed by atoms with E-state index >= 15 is 0 Å². The predicted octanol–water partition coefficient (Wildman–Crippen LogP) is 3.37. The summed E-state index contributed by atoms with van der Waals surface area (Å²) in [4.78, 5) is 25.0. The van der Waals surface area contributed by atoms with Gasteiger partial charge in [0.1, 0.15) is 0 Å². The van der Waals surface area contributed by atoms with Crippen molar-refractivity contribution in [2.24, 2.45) is 0 Å². The Bertz CT molecular complexity index is 1000. The Morgan fingerprint density at radius 3 is 2.14 bits per heavy atom. The SMILES string of the molecule is COc1ccc(C(=O)NNC(=O)c2ccccc2Cc2ccccc2)cc1OC. The van der Waals surface area contributed by atoms with Gasteiger partial charge in [0.05, 0.1) is 14.2 Å². The smallest absolute Gasteiger partial charge is 0.269 e. The maximum absolute atomic E-state index is 12.6. The van der Waals surface area contributed by atoms with E-state index < -0.39 is 5.91 Å². The van der Waals surface area contributed by atoms with Crippen molar-refractivity contribution >= 4 is 11.8 Å². The molecule has 0 spiro atoms. The summed E-state index contributed by atoms with van der Waals surface area (Å²) in [5.41, 5.74) is 7.73. The molecule has 0 radical (unpaired) electrons. The fourth-order valence-corrected chi connectivity index (χ4v) is 2.94. The molecule has 0 aromatic heterocycles. The van der Waals surface area contributed by atoms with Gasteiger partial charge in [-0.05, 0) is 41.8 Å². The maximum Gasteiger partial charge on any atom is 0.269 e. The molecule has 3 aromatic rings. The van der Waals surface area contributed by atoms with Crippen molar-refractivity contribution in [1.29, 1.82) is 0 Å². The first-order chi connectivity index (χ1) is 14.1. The number of amides is 2. The second-order valence-corrected chi connectivity index (χ2v) is 6.30. The highest BCUT2D eigenvalue weighted by Crippen LogP contribution is 2.27. The highest BCUT2D eigenvalue weighted by molar-refractivity contribution is 6.00. The number of hydrazine groups is 1. The van der Waals surface area contributed by atoms with Crippen molar-refractivity contribution in [3.05, 3.63) is 95.1 Å². The van der Waals surface area contributed by atoms with Crippen molar-refractivity contribution in [1.82, 2.24) is 10.9 Å². The maximum atomic E-state index is 12.6. The number of benzene rings is 3. The van der Waals surface area contributed by atoms with E-state index in [4.69, 9.17) is 9.47 Å². The molecule has 0 atom stereocenters. The van der Waals surface area contributed by atoms with Crippen LogP contribution in [0.15, 0.2) is 72.8 Å². The topological polar surface area (TPSA) is 76.7 Å². The molecule has 0 fully saturated rings. The second kappa shape index (κ2) is 9.41. The molecule has 0 aliphatic rings. The molecule has 0 saturated carbocycles. The van der Waals surface area contributed by atoms with Gasteiger partial charge in [0.2, 0.25) is 0 Å². The van der Waals surface area contributed by atoms with Gasteiger partial charge in [0.15, 0.2) is 11.5 Å². The van der Waals surface area contributed by atoms with Crippen LogP contribution in [0.1, 0.15) is 31.8 Å². The third-order valence-corrected chi connectivity index (χ3v) is 4.43. The minimum atomic E-state index is -0.458. The standard InChI is InChI=1S/C23H22N2O4/c1-28-20-13-12-18(15-21(20)29-2)22(26)24-25-23(27)19-11-7-6-10-17(19)14-16-8-4-3-5-9-16/h3-13,15H,14H2,1-2H3,(H,24,26)(H,25,27). The second-order valence-electron chi connectivity index (χ2n) is 6.30. The quantitative estimate of drug-likeness (QED) is 0.633. The molecule has 6 nitrogen and oxygen atoms in total. The van der Waals surface area contributed by atoms with Gasteiger partial charge < -0.3 is 9.47 Å². The number of rotatable bonds is 6. The Hall–Kier alpha value is -3.80. The van der Waals surface area contributed by atoms with Crippen molar-refractivity contribution in [2.45, 2.75) is 6.42 Å². The first-order valence-electron chi connectivity index (χ1n) is 9.07. The number of carbonyl (C=O) groups is 2. The summed E-state index contributed by atoms with van der Waals surface area (Å²) >= 11 is 0. The summed E-state index contributed by atoms with van der Waals surface area (Å²) in [6.45, 7) is 0. The number of carbonyl (C=O) groups excluding carboxylic acids is 2. The zero-order valence-electron chi connectivity index (χ0n) is 16.3. The molecule has 0 heterocycles. The lowest BCUT2D eigenvalue weighted by Crippen LogP contribution is -2.42. The molecule has 148 valence electrons. The summed E-state index contributed by atoms with van der Waals surface area (Å²) in [6.07, 6.45) is 0.619. The minimum Gasteiger partial charge on any atom is -0.493 e. The third-order valence-electron chi connectivity index (χ3n) is 4.43. The third kappa shape index (κ3) is 4.93. The van der Waals surface area contributed by atoms with Gasteiger partial charge in [-0.1, -0.05) is 48.5 Å². The fraction of sp³-hybridized carbons (Fsp3) is 0.130. The van der Waals surface area contributed by atoms with E-state index in [0.29, 0.717) is 29.0 Å². The molecule has 0 unspecified atom stereocenters. The van der Waals surface area contributed by atoms with E-state index in [1.54, 1.807) is 30.3 Å². The average Bonchev–Trinajstić information content (AvgIpc) is 2.77. The molecule has 0 aliphatic heterocycles. The number of nitrogens with one attached hydrogen (secondary N) is 2. The molecule has 2 amide bonds. The average molecular weight is 390 g/mol. The van der Waals surface area contributed by atoms with Gasteiger partial charge in [-0.3, -0.25) is 20.4 Å². The molecule has 29 heavy (non-hydrogen) atoms. The molecule has 3 rings (SSSR count). The number of hydrogen-bond acceptors (Lipinski definition) is 4. The highest BCUT2D eigenvalue weighted by atomic mass is 16.5. The Balaban J connectivity index is 1.69. The highest BCUT2D eigenvalue weighted by Gasteiger charge is 2.14. The molecule has 6 heteroatoms. The molecular weight excluding hydrogens is 368 g/mol. The largest absolute Gasteiger partial charge is 0.493 e. The molecule has 0 saturated heterocycles. The van der Waals surface area contributed by atoms with E-state index in [1.165, 1.54) is 14.2 Å². The summed E-state index contributed by atoms with van der Waals surface area (Å²) in [7, 11) is 3.01. The summed E-state index contributed by atoms with van der Waals surface area (Å²) < 4.78 is 10.4. The number of hydrogen-bond donors (Lipinski definition) is 2. The van der Waals surface area contributed by atoms with Crippen LogP contribution in [0, 0.1) is 0 Å². The van der Waals surface area contributed by atoms with E-state index in [-0.39, 0.29) is 5.91 Å². The Morgan fingerprint density at radius 1 is 0.759 bits per heavy atom. The lowest BCUT2D eigenvalue weighted by Gasteiger charge is -2.12. The monoisotopic (exact) mass is 390 g/mol. The van der Waals surface area contributed by atoms with Gasteiger partial charge in [-0.25, -0.2) is 0 Å². The van der Waals surface area contributed by atoms with Crippen LogP contribution < -0.4 is 20.3 Å². The predicted molar refractivity (Wildman–Crippen MR) is 110 cm³/mol. The number of methoxy groups -OCH3 is 2. The fourth-order valence-electron chi connectivity index (χ4n) is 2.94. The summed E-state index contributed by atoms with van der Waals surface area (Å²) in [5, 5.41) is 0. The summed E-state index contributed by atoms with van der Waals surface area (Å²) in [6, 6.07) is 22.0. The lowest BCUT2D eigenvalue weighted by atomic mass is 9.99. The van der Waals surface area contributed by atoms with Crippen LogP contribution in [-0.2, 0) is 6.42 Å². The van der Waals surface area contributed by atoms with Crippen LogP contribution in [0.5, 0.6) is 11.5 Å². The van der Waals surface area contributed by atoms with E-state index in [1.807, 2.05) is 42.5 Å². The normalized spacial score (nSPS) is 10.1. The van der Waals surface area contributed by atoms with Crippen molar-refractivity contribution < 1.29 is 19.1 Å². The van der Waals surface area contributed by atoms with Crippen molar-refractivity contribution in [3.63, 3.8) is 0 Å². The molecular formula is C23H22N2O4. The van der Waals surface area contributed by atoms with Gasteiger partial charge in [0.25, 0.3) is 11.8 Å². The van der Waals surface area contributed by atoms with Gasteiger partial charge in [-0.2, -0.15) is 0 Å². The van der Waals surface area contributed by atoms with E-state index in [2.05, 4.69) is 10.9 Å². The Kier molecular flexibility index (Phi) is 6.47. The Morgan fingerprint density at radius 2 is 1.41 bits per heavy atom. The van der Waals surface area contributed by atoms with Crippen LogP contribution in [-0.4, -0.2) is 26.0 Å². The van der Waals surface area contributed by atoms with Crippen molar-refractivity contribution in [3.8, 4) is 11.5 Å². The van der Waals surface area contributed by atoms with Gasteiger partial charge in [-0.15, -0.1) is 0 Å². The molecule has 0 aliphatic carbocycles. The van der Waals surface area contributed by atoms with Crippen LogP contribution in [0.2, 0.25) is 0 Å². The van der Waals surface area contributed by atoms with Gasteiger partial charge in [0, 0.05) is 11.1 Å². The van der Waals surface area contributed by atoms with Crippen LogP contribution in [0.3, 0.4) is 0 Å². The van der Waals surface area contributed by atoms with E-state index in [9.17, 15) is 9.59 Å². The molecule has 3 aromatic carbocycles. The number of ether oxygens (including phenoxy) is 2. The molecule has 0 bridgehead atoms. The van der Waals surface area contributed by atoms with Gasteiger partial charge >= 0.3 is 0 Å². The van der Waals surface area contributed by atoms with Crippen LogP contribution >= 0.6 is 0 Å². The zero-order valence-corrected chi connectivity index (χ0v) is 16.3. The van der Waals surface area contributed by atoms with Crippen molar-refractivity contribution in [2.75, 3.05) is 14.2 Å². The molecule has 2 N–H and O–H groups in total. The first-order valence-corrected chi connectivity index (χ1v) is 9.07. The van der Waals surface area contributed by atoms with Crippen LogP contribution in [0.4, 0.5) is 0 Å².